The standard InChI is InChI=1S/C20H30N2O6S/c1-13-7-5-6-8-18(13)21-19(23)15(3)28-20(24)14(2)22-29(25,26)17-11-9-16(27-4)10-12-17/h9-15,18,22H,5-8H2,1-4H3,(H,21,23). The minimum absolute atomic E-state index is 0.00460. The Morgan fingerprint density at radius 2 is 1.72 bits per heavy atom. The van der Waals surface area contributed by atoms with Crippen LogP contribution in [0.2, 0.25) is 0 Å². The highest BCUT2D eigenvalue weighted by atomic mass is 32.2. The molecule has 1 aromatic rings. The molecule has 1 aromatic carbocycles. The monoisotopic (exact) mass is 426 g/mol. The minimum atomic E-state index is -3.92. The Hall–Kier alpha value is -2.13. The topological polar surface area (TPSA) is 111 Å². The van der Waals surface area contributed by atoms with E-state index in [2.05, 4.69) is 17.0 Å². The molecule has 0 bridgehead atoms. The Morgan fingerprint density at radius 1 is 1.10 bits per heavy atom. The van der Waals surface area contributed by atoms with E-state index in [4.69, 9.17) is 9.47 Å². The summed E-state index contributed by atoms with van der Waals surface area (Å²) in [5.74, 6) is -0.293. The molecule has 0 aromatic heterocycles. The van der Waals surface area contributed by atoms with Gasteiger partial charge in [-0.25, -0.2) is 8.42 Å². The lowest BCUT2D eigenvalue weighted by molar-refractivity contribution is -0.156. The number of ether oxygens (including phenoxy) is 2. The number of benzene rings is 1. The molecule has 1 aliphatic rings. The molecule has 0 spiro atoms. The molecule has 4 unspecified atom stereocenters. The van der Waals surface area contributed by atoms with Crippen molar-refractivity contribution in [1.82, 2.24) is 10.0 Å². The third kappa shape index (κ3) is 6.43. The largest absolute Gasteiger partial charge is 0.497 e. The smallest absolute Gasteiger partial charge is 0.324 e. The fourth-order valence-corrected chi connectivity index (χ4v) is 4.46. The molecule has 2 rings (SSSR count). The number of carbonyl (C=O) groups is 2. The Labute approximate surface area is 172 Å². The number of amides is 1. The van der Waals surface area contributed by atoms with Crippen molar-refractivity contribution in [3.05, 3.63) is 24.3 Å². The maximum atomic E-state index is 12.4. The molecule has 1 aliphatic carbocycles. The zero-order valence-corrected chi connectivity index (χ0v) is 18.1. The van der Waals surface area contributed by atoms with Gasteiger partial charge in [-0.15, -0.1) is 0 Å². The number of carbonyl (C=O) groups excluding carboxylic acids is 2. The van der Waals surface area contributed by atoms with Gasteiger partial charge in [-0.3, -0.25) is 9.59 Å². The van der Waals surface area contributed by atoms with Gasteiger partial charge in [-0.1, -0.05) is 19.8 Å². The molecule has 0 radical (unpaired) electrons. The van der Waals surface area contributed by atoms with Gasteiger partial charge in [0.25, 0.3) is 5.91 Å². The molecule has 162 valence electrons. The van der Waals surface area contributed by atoms with Gasteiger partial charge in [0.05, 0.1) is 12.0 Å². The van der Waals surface area contributed by atoms with Crippen LogP contribution in [0.1, 0.15) is 46.5 Å². The normalized spacial score (nSPS) is 21.7. The van der Waals surface area contributed by atoms with Crippen LogP contribution in [-0.4, -0.2) is 45.6 Å². The highest BCUT2D eigenvalue weighted by Gasteiger charge is 2.29. The SMILES string of the molecule is COc1ccc(S(=O)(=O)NC(C)C(=O)OC(C)C(=O)NC2CCCCC2C)cc1. The van der Waals surface area contributed by atoms with Crippen LogP contribution >= 0.6 is 0 Å². The second-order valence-corrected chi connectivity index (χ2v) is 9.19. The van der Waals surface area contributed by atoms with Crippen molar-refractivity contribution < 1.29 is 27.5 Å². The van der Waals surface area contributed by atoms with Crippen molar-refractivity contribution in [2.75, 3.05) is 7.11 Å². The van der Waals surface area contributed by atoms with E-state index < -0.39 is 28.1 Å². The molecule has 1 saturated carbocycles. The highest BCUT2D eigenvalue weighted by molar-refractivity contribution is 7.89. The molecule has 4 atom stereocenters. The Morgan fingerprint density at radius 3 is 2.31 bits per heavy atom. The fraction of sp³-hybridized carbons (Fsp3) is 0.600. The average Bonchev–Trinajstić information content (AvgIpc) is 2.69. The van der Waals surface area contributed by atoms with E-state index in [1.165, 1.54) is 45.2 Å². The Balaban J connectivity index is 1.90. The van der Waals surface area contributed by atoms with Gasteiger partial charge in [0.2, 0.25) is 10.0 Å². The van der Waals surface area contributed by atoms with Crippen molar-refractivity contribution in [2.24, 2.45) is 5.92 Å². The molecule has 29 heavy (non-hydrogen) atoms. The second-order valence-electron chi connectivity index (χ2n) is 7.47. The number of methoxy groups -OCH3 is 1. The van der Waals surface area contributed by atoms with Gasteiger partial charge in [-0.05, 0) is 56.9 Å². The molecule has 0 heterocycles. The van der Waals surface area contributed by atoms with E-state index in [1.807, 2.05) is 0 Å². The van der Waals surface area contributed by atoms with Crippen molar-refractivity contribution in [1.29, 1.82) is 0 Å². The first-order chi connectivity index (χ1) is 13.6. The molecule has 8 nitrogen and oxygen atoms in total. The van der Waals surface area contributed by atoms with Crippen LogP contribution < -0.4 is 14.8 Å². The minimum Gasteiger partial charge on any atom is -0.497 e. The van der Waals surface area contributed by atoms with Gasteiger partial charge in [0.1, 0.15) is 11.8 Å². The average molecular weight is 427 g/mol. The molecule has 1 amide bonds. The molecule has 1 fully saturated rings. The number of hydrogen-bond acceptors (Lipinski definition) is 6. The lowest BCUT2D eigenvalue weighted by atomic mass is 9.86. The Kier molecular flexibility index (Phi) is 8.04. The van der Waals surface area contributed by atoms with Crippen molar-refractivity contribution in [3.63, 3.8) is 0 Å². The van der Waals surface area contributed by atoms with Gasteiger partial charge in [0, 0.05) is 6.04 Å². The first-order valence-electron chi connectivity index (χ1n) is 9.81. The number of nitrogens with one attached hydrogen (secondary N) is 2. The summed E-state index contributed by atoms with van der Waals surface area (Å²) in [5, 5.41) is 2.93. The maximum absolute atomic E-state index is 12.4. The summed E-state index contributed by atoms with van der Waals surface area (Å²) in [4.78, 5) is 24.6. The van der Waals surface area contributed by atoms with E-state index in [9.17, 15) is 18.0 Å². The summed E-state index contributed by atoms with van der Waals surface area (Å²) in [6.07, 6.45) is 3.18. The van der Waals surface area contributed by atoms with Crippen LogP contribution in [-0.2, 0) is 24.3 Å². The van der Waals surface area contributed by atoms with Gasteiger partial charge in [0.15, 0.2) is 6.10 Å². The molecule has 2 N–H and O–H groups in total. The summed E-state index contributed by atoms with van der Waals surface area (Å²) in [6.45, 7) is 4.94. The zero-order chi connectivity index (χ0) is 21.6. The summed E-state index contributed by atoms with van der Waals surface area (Å²) < 4.78 is 37.3. The summed E-state index contributed by atoms with van der Waals surface area (Å²) in [6, 6.07) is 4.70. The van der Waals surface area contributed by atoms with Crippen molar-refractivity contribution in [2.45, 2.75) is 69.5 Å². The van der Waals surface area contributed by atoms with Crippen LogP contribution in [0.5, 0.6) is 5.75 Å². The second kappa shape index (κ2) is 10.1. The zero-order valence-electron chi connectivity index (χ0n) is 17.3. The number of sulfonamides is 1. The van der Waals surface area contributed by atoms with Crippen LogP contribution in [0, 0.1) is 5.92 Å². The van der Waals surface area contributed by atoms with Gasteiger partial charge < -0.3 is 14.8 Å². The van der Waals surface area contributed by atoms with E-state index in [1.54, 1.807) is 0 Å². The van der Waals surface area contributed by atoms with Crippen LogP contribution in [0.25, 0.3) is 0 Å². The van der Waals surface area contributed by atoms with Crippen LogP contribution in [0.4, 0.5) is 0 Å². The number of rotatable bonds is 8. The van der Waals surface area contributed by atoms with Crippen molar-refractivity contribution in [3.8, 4) is 5.75 Å². The predicted octanol–water partition coefficient (Wildman–Crippen LogP) is 1.99. The first-order valence-corrected chi connectivity index (χ1v) is 11.3. The first kappa shape index (κ1) is 23.2. The third-order valence-electron chi connectivity index (χ3n) is 5.16. The van der Waals surface area contributed by atoms with E-state index in [-0.39, 0.29) is 16.8 Å². The molecular formula is C20H30N2O6S. The Bertz CT molecular complexity index is 809. The lowest BCUT2D eigenvalue weighted by Crippen LogP contribution is -2.47. The quantitative estimate of drug-likeness (QED) is 0.615. The molecular weight excluding hydrogens is 396 g/mol. The van der Waals surface area contributed by atoms with E-state index in [0.29, 0.717) is 11.7 Å². The number of esters is 1. The van der Waals surface area contributed by atoms with Gasteiger partial charge in [-0.2, -0.15) is 4.72 Å². The summed E-state index contributed by atoms with van der Waals surface area (Å²) in [7, 11) is -2.44. The third-order valence-corrected chi connectivity index (χ3v) is 6.71. The van der Waals surface area contributed by atoms with Crippen LogP contribution in [0.3, 0.4) is 0 Å². The van der Waals surface area contributed by atoms with Crippen LogP contribution in [0.15, 0.2) is 29.2 Å². The summed E-state index contributed by atoms with van der Waals surface area (Å²) in [5.41, 5.74) is 0. The predicted molar refractivity (Wildman–Crippen MR) is 108 cm³/mol. The molecule has 9 heteroatoms. The fourth-order valence-electron chi connectivity index (χ4n) is 3.26. The summed E-state index contributed by atoms with van der Waals surface area (Å²) >= 11 is 0. The van der Waals surface area contributed by atoms with Gasteiger partial charge >= 0.3 is 5.97 Å². The van der Waals surface area contributed by atoms with E-state index >= 15 is 0 Å². The lowest BCUT2D eigenvalue weighted by Gasteiger charge is -2.30. The maximum Gasteiger partial charge on any atom is 0.324 e. The molecule has 0 aliphatic heterocycles. The molecule has 0 saturated heterocycles. The number of hydrogen-bond donors (Lipinski definition) is 2. The van der Waals surface area contributed by atoms with E-state index in [0.717, 1.165) is 25.7 Å². The van der Waals surface area contributed by atoms with Crippen molar-refractivity contribution >= 4 is 21.9 Å². The highest BCUT2D eigenvalue weighted by Crippen LogP contribution is 2.23.